The van der Waals surface area contributed by atoms with Crippen molar-refractivity contribution >= 4 is 11.6 Å². The Bertz CT molecular complexity index is 831. The molecule has 0 aromatic carbocycles. The summed E-state index contributed by atoms with van der Waals surface area (Å²) in [6, 6.07) is 1.78. The summed E-state index contributed by atoms with van der Waals surface area (Å²) in [7, 11) is 0. The van der Waals surface area contributed by atoms with E-state index in [1.807, 2.05) is 0 Å². The number of hydrogen-bond acceptors (Lipinski definition) is 5. The van der Waals surface area contributed by atoms with E-state index in [2.05, 4.69) is 14.5 Å². The lowest BCUT2D eigenvalue weighted by Gasteiger charge is -2.15. The van der Waals surface area contributed by atoms with E-state index in [1.165, 1.54) is 12.2 Å². The lowest BCUT2D eigenvalue weighted by atomic mass is 9.96. The fraction of sp³-hybridized carbons (Fsp3) is 0.353. The highest BCUT2D eigenvalue weighted by molar-refractivity contribution is 6.03. The Morgan fingerprint density at radius 2 is 1.78 bits per heavy atom. The van der Waals surface area contributed by atoms with Gasteiger partial charge in [-0.15, -0.1) is 8.78 Å². The van der Waals surface area contributed by atoms with Crippen LogP contribution in [0, 0.1) is 0 Å². The molecule has 1 aliphatic carbocycles. The SMILES string of the molecule is O=C(CCC(=O)c1ncccc1C(F)(F)F)C1=CC2OC(F)(F)OC2C=C1. The number of ketones is 2. The van der Waals surface area contributed by atoms with Crippen molar-refractivity contribution in [2.45, 2.75) is 37.5 Å². The predicted molar refractivity (Wildman–Crippen MR) is 79.7 cm³/mol. The van der Waals surface area contributed by atoms with Crippen LogP contribution >= 0.6 is 0 Å². The number of rotatable bonds is 5. The summed E-state index contributed by atoms with van der Waals surface area (Å²) in [6.45, 7) is 0. The zero-order chi connectivity index (χ0) is 19.8. The molecule has 2 unspecified atom stereocenters. The molecule has 1 aromatic heterocycles. The Morgan fingerprint density at radius 3 is 2.48 bits per heavy atom. The van der Waals surface area contributed by atoms with E-state index in [0.29, 0.717) is 0 Å². The summed E-state index contributed by atoms with van der Waals surface area (Å²) >= 11 is 0. The number of alkyl halides is 5. The molecule has 27 heavy (non-hydrogen) atoms. The van der Waals surface area contributed by atoms with E-state index in [1.54, 1.807) is 0 Å². The maximum atomic E-state index is 13.0. The summed E-state index contributed by atoms with van der Waals surface area (Å²) in [5, 5.41) is 0. The van der Waals surface area contributed by atoms with Crippen molar-refractivity contribution in [1.29, 1.82) is 0 Å². The maximum absolute atomic E-state index is 13.0. The minimum Gasteiger partial charge on any atom is -0.294 e. The average Bonchev–Trinajstić information content (AvgIpc) is 2.91. The minimum atomic E-state index is -4.75. The van der Waals surface area contributed by atoms with Crippen LogP contribution in [0.15, 0.2) is 42.1 Å². The van der Waals surface area contributed by atoms with Crippen LogP contribution in [-0.4, -0.2) is 35.1 Å². The van der Waals surface area contributed by atoms with Crippen molar-refractivity contribution in [3.05, 3.63) is 53.4 Å². The number of allylic oxidation sites excluding steroid dienone is 2. The van der Waals surface area contributed by atoms with Gasteiger partial charge in [-0.2, -0.15) is 13.2 Å². The molecule has 0 saturated carbocycles. The Morgan fingerprint density at radius 1 is 1.11 bits per heavy atom. The molecular formula is C17H12F5NO4. The fourth-order valence-corrected chi connectivity index (χ4v) is 2.72. The van der Waals surface area contributed by atoms with Crippen molar-refractivity contribution in [2.75, 3.05) is 0 Å². The molecule has 2 aliphatic rings. The van der Waals surface area contributed by atoms with Crippen LogP contribution in [-0.2, 0) is 20.4 Å². The van der Waals surface area contributed by atoms with Crippen molar-refractivity contribution < 1.29 is 41.0 Å². The molecule has 0 bridgehead atoms. The van der Waals surface area contributed by atoms with E-state index in [4.69, 9.17) is 0 Å². The van der Waals surface area contributed by atoms with Crippen LogP contribution in [0.3, 0.4) is 0 Å². The summed E-state index contributed by atoms with van der Waals surface area (Å²) in [5.74, 6) is -1.54. The summed E-state index contributed by atoms with van der Waals surface area (Å²) in [4.78, 5) is 27.7. The second-order valence-corrected chi connectivity index (χ2v) is 5.85. The van der Waals surface area contributed by atoms with Crippen LogP contribution in [0.25, 0.3) is 0 Å². The molecule has 1 aliphatic heterocycles. The normalized spacial score (nSPS) is 23.7. The van der Waals surface area contributed by atoms with E-state index < -0.39 is 60.3 Å². The third-order valence-electron chi connectivity index (χ3n) is 3.96. The van der Waals surface area contributed by atoms with Gasteiger partial charge in [-0.05, 0) is 18.2 Å². The summed E-state index contributed by atoms with van der Waals surface area (Å²) in [6.07, 6.45) is -6.97. The van der Waals surface area contributed by atoms with Gasteiger partial charge in [0.05, 0.1) is 5.56 Å². The highest BCUT2D eigenvalue weighted by Crippen LogP contribution is 2.35. The lowest BCUT2D eigenvalue weighted by Crippen LogP contribution is -2.23. The first-order chi connectivity index (χ1) is 12.6. The molecule has 5 nitrogen and oxygen atoms in total. The van der Waals surface area contributed by atoms with Crippen LogP contribution in [0.4, 0.5) is 22.0 Å². The number of ether oxygens (including phenoxy) is 2. The fourth-order valence-electron chi connectivity index (χ4n) is 2.72. The van der Waals surface area contributed by atoms with Crippen LogP contribution in [0.2, 0.25) is 0 Å². The standard InChI is InChI=1S/C17H12F5NO4/c18-16(19,20)10-2-1-7-23-15(10)12(25)5-4-11(24)9-3-6-13-14(8-9)27-17(21,22)26-13/h1-3,6-8,13-14H,4-5H2. The number of fused-ring (bicyclic) bond motifs is 1. The zero-order valence-corrected chi connectivity index (χ0v) is 13.5. The number of pyridine rings is 1. The van der Waals surface area contributed by atoms with Gasteiger partial charge in [0, 0.05) is 24.6 Å². The van der Waals surface area contributed by atoms with Gasteiger partial charge in [0.2, 0.25) is 0 Å². The van der Waals surface area contributed by atoms with Gasteiger partial charge in [-0.25, -0.2) is 0 Å². The smallest absolute Gasteiger partial charge is 0.294 e. The summed E-state index contributed by atoms with van der Waals surface area (Å²) in [5.41, 5.74) is -1.93. The molecular weight excluding hydrogens is 377 g/mol. The molecule has 0 radical (unpaired) electrons. The molecule has 0 N–H and O–H groups in total. The maximum Gasteiger partial charge on any atom is 0.486 e. The van der Waals surface area contributed by atoms with Crippen molar-refractivity contribution in [3.8, 4) is 0 Å². The van der Waals surface area contributed by atoms with Crippen LogP contribution in [0.5, 0.6) is 0 Å². The Hall–Kier alpha value is -2.46. The minimum absolute atomic E-state index is 0.0161. The van der Waals surface area contributed by atoms with Crippen LogP contribution < -0.4 is 0 Å². The number of nitrogens with zero attached hydrogens (tertiary/aromatic N) is 1. The number of aromatic nitrogens is 1. The van der Waals surface area contributed by atoms with Crippen molar-refractivity contribution in [1.82, 2.24) is 4.98 Å². The Labute approximate surface area is 149 Å². The van der Waals surface area contributed by atoms with E-state index >= 15 is 0 Å². The molecule has 3 rings (SSSR count). The van der Waals surface area contributed by atoms with Gasteiger partial charge < -0.3 is 0 Å². The molecule has 0 amide bonds. The number of carbonyl (C=O) groups excluding carboxylic acids is 2. The van der Waals surface area contributed by atoms with E-state index in [0.717, 1.165) is 24.4 Å². The zero-order valence-electron chi connectivity index (χ0n) is 13.5. The molecule has 1 saturated heterocycles. The topological polar surface area (TPSA) is 65.5 Å². The number of carbonyl (C=O) groups is 2. The molecule has 1 aromatic rings. The second-order valence-electron chi connectivity index (χ2n) is 5.85. The van der Waals surface area contributed by atoms with Gasteiger partial charge in [0.15, 0.2) is 11.6 Å². The van der Waals surface area contributed by atoms with Gasteiger partial charge >= 0.3 is 12.5 Å². The molecule has 1 fully saturated rings. The quantitative estimate of drug-likeness (QED) is 0.570. The van der Waals surface area contributed by atoms with Crippen molar-refractivity contribution in [3.63, 3.8) is 0 Å². The number of Topliss-reactive ketones (excluding diaryl/α,β-unsaturated/α-hetero) is 2. The van der Waals surface area contributed by atoms with Crippen LogP contribution in [0.1, 0.15) is 28.9 Å². The van der Waals surface area contributed by atoms with E-state index in [-0.39, 0.29) is 5.57 Å². The highest BCUT2D eigenvalue weighted by Gasteiger charge is 2.48. The monoisotopic (exact) mass is 389 g/mol. The van der Waals surface area contributed by atoms with Gasteiger partial charge in [-0.3, -0.25) is 24.0 Å². The Balaban J connectivity index is 1.65. The van der Waals surface area contributed by atoms with Crippen molar-refractivity contribution in [2.24, 2.45) is 0 Å². The third kappa shape index (κ3) is 4.28. The van der Waals surface area contributed by atoms with E-state index in [9.17, 15) is 31.5 Å². The largest absolute Gasteiger partial charge is 0.486 e. The van der Waals surface area contributed by atoms with Gasteiger partial charge in [0.25, 0.3) is 0 Å². The predicted octanol–water partition coefficient (Wildman–Crippen LogP) is 3.46. The first-order valence-corrected chi connectivity index (χ1v) is 7.79. The molecule has 2 heterocycles. The number of halogens is 5. The van der Waals surface area contributed by atoms with Gasteiger partial charge in [-0.1, -0.05) is 12.2 Å². The Kier molecular flexibility index (Phi) is 4.96. The molecule has 144 valence electrons. The first-order valence-electron chi connectivity index (χ1n) is 7.79. The molecule has 2 atom stereocenters. The number of hydrogen-bond donors (Lipinski definition) is 0. The average molecular weight is 389 g/mol. The second kappa shape index (κ2) is 6.93. The lowest BCUT2D eigenvalue weighted by molar-refractivity contribution is -0.347. The van der Waals surface area contributed by atoms with Gasteiger partial charge in [0.1, 0.15) is 17.9 Å². The third-order valence-corrected chi connectivity index (χ3v) is 3.96. The summed E-state index contributed by atoms with van der Waals surface area (Å²) < 4.78 is 73.5. The first kappa shape index (κ1) is 19.3. The molecule has 10 heteroatoms. The highest BCUT2D eigenvalue weighted by atomic mass is 19.4. The molecule has 0 spiro atoms.